The van der Waals surface area contributed by atoms with Gasteiger partial charge in [0.05, 0.1) is 0 Å². The molecule has 0 aliphatic rings. The van der Waals surface area contributed by atoms with Gasteiger partial charge in [-0.3, -0.25) is 0 Å². The Hall–Kier alpha value is 0.585. The predicted octanol–water partition coefficient (Wildman–Crippen LogP) is 0.633. The molecule has 0 fully saturated rings. The van der Waals surface area contributed by atoms with Gasteiger partial charge in [-0.2, -0.15) is 13.2 Å². The summed E-state index contributed by atoms with van der Waals surface area (Å²) >= 11 is 0. The summed E-state index contributed by atoms with van der Waals surface area (Å²) in [5.41, 5.74) is 0. The van der Waals surface area contributed by atoms with E-state index in [0.29, 0.717) is 0 Å². The first-order chi connectivity index (χ1) is 2.94. The minimum atomic E-state index is -5.08. The van der Waals surface area contributed by atoms with Crippen LogP contribution in [-0.2, 0) is 4.79 Å². The van der Waals surface area contributed by atoms with Crippen molar-refractivity contribution in [3.05, 3.63) is 0 Å². The number of aliphatic carboxylic acids is 1. The Morgan fingerprint density at radius 2 is 1.50 bits per heavy atom. The molecule has 0 aliphatic heterocycles. The third kappa shape index (κ3) is 4.74. The first-order valence-electron chi connectivity index (χ1n) is 1.24. The molecule has 6 heteroatoms. The summed E-state index contributed by atoms with van der Waals surface area (Å²) in [6, 6.07) is 0. The van der Waals surface area contributed by atoms with Crippen molar-refractivity contribution in [2.75, 3.05) is 0 Å². The molecule has 0 saturated heterocycles. The summed E-state index contributed by atoms with van der Waals surface area (Å²) in [5, 5.41) is 7.12. The Kier molecular flexibility index (Phi) is 5.10. The molecule has 50 valence electrons. The molecule has 2 nitrogen and oxygen atoms in total. The van der Waals surface area contributed by atoms with Gasteiger partial charge in [0.1, 0.15) is 0 Å². The zero-order chi connectivity index (χ0) is 6.08. The summed E-state index contributed by atoms with van der Waals surface area (Å²) in [6.07, 6.45) is -5.08. The molecule has 0 heterocycles. The van der Waals surface area contributed by atoms with Crippen LogP contribution in [0, 0.1) is 39.9 Å². The molecule has 0 aliphatic carbocycles. The molecule has 0 radical (unpaired) electrons. The standard InChI is InChI=1S/C2HF3O2.Gd/c3-2(4,5)1(6)7;/h(H,6,7);. The van der Waals surface area contributed by atoms with E-state index in [1.54, 1.807) is 0 Å². The first-order valence-corrected chi connectivity index (χ1v) is 1.24. The van der Waals surface area contributed by atoms with Crippen LogP contribution in [0.4, 0.5) is 13.2 Å². The fourth-order valence-corrected chi connectivity index (χ4v) is 0. The fraction of sp³-hybridized carbons (Fsp3) is 0.500. The average Bonchev–Trinajstić information content (AvgIpc) is 1.31. The summed E-state index contributed by atoms with van der Waals surface area (Å²) in [7, 11) is 0. The van der Waals surface area contributed by atoms with Crippen molar-refractivity contribution in [3.8, 4) is 0 Å². The van der Waals surface area contributed by atoms with E-state index in [4.69, 9.17) is 9.90 Å². The van der Waals surface area contributed by atoms with E-state index >= 15 is 0 Å². The van der Waals surface area contributed by atoms with E-state index in [1.165, 1.54) is 0 Å². The van der Waals surface area contributed by atoms with E-state index in [9.17, 15) is 13.2 Å². The molecule has 1 N–H and O–H groups in total. The van der Waals surface area contributed by atoms with Gasteiger partial charge >= 0.3 is 12.1 Å². The molecule has 0 amide bonds. The number of rotatable bonds is 0. The maximum atomic E-state index is 10.6. The Morgan fingerprint density at radius 1 is 1.38 bits per heavy atom. The molecule has 0 aromatic rings. The van der Waals surface area contributed by atoms with Crippen molar-refractivity contribution < 1.29 is 63.0 Å². The quantitative estimate of drug-likeness (QED) is 0.702. The fourth-order valence-electron chi connectivity index (χ4n) is 0. The number of halogens is 3. The van der Waals surface area contributed by atoms with Crippen LogP contribution in [0.15, 0.2) is 0 Å². The number of carboxylic acid groups (broad SMARTS) is 1. The number of carboxylic acids is 1. The molecule has 0 aromatic heterocycles. The van der Waals surface area contributed by atoms with Gasteiger partial charge in [0.15, 0.2) is 0 Å². The van der Waals surface area contributed by atoms with E-state index in [2.05, 4.69) is 0 Å². The SMILES string of the molecule is O=C(O)C(F)(F)F.[Gd]. The average molecular weight is 271 g/mol. The van der Waals surface area contributed by atoms with E-state index in [0.717, 1.165) is 0 Å². The third-order valence-electron chi connectivity index (χ3n) is 0.243. The van der Waals surface area contributed by atoms with E-state index in [1.807, 2.05) is 0 Å². The minimum absolute atomic E-state index is 0. The van der Waals surface area contributed by atoms with Crippen LogP contribution in [0.5, 0.6) is 0 Å². The van der Waals surface area contributed by atoms with Gasteiger partial charge < -0.3 is 5.11 Å². The third-order valence-corrected chi connectivity index (χ3v) is 0.243. The van der Waals surface area contributed by atoms with E-state index in [-0.39, 0.29) is 39.9 Å². The van der Waals surface area contributed by atoms with Gasteiger partial charge in [-0.1, -0.05) is 0 Å². The molecule has 8 heavy (non-hydrogen) atoms. The van der Waals surface area contributed by atoms with Crippen molar-refractivity contribution in [3.63, 3.8) is 0 Å². The van der Waals surface area contributed by atoms with Crippen LogP contribution in [0.3, 0.4) is 0 Å². The molecule has 0 saturated carbocycles. The summed E-state index contributed by atoms with van der Waals surface area (Å²) in [5.74, 6) is -2.76. The summed E-state index contributed by atoms with van der Waals surface area (Å²) < 4.78 is 31.7. The van der Waals surface area contributed by atoms with Crippen molar-refractivity contribution in [1.29, 1.82) is 0 Å². The van der Waals surface area contributed by atoms with Crippen molar-refractivity contribution >= 4 is 5.97 Å². The van der Waals surface area contributed by atoms with Crippen molar-refractivity contribution in [2.45, 2.75) is 6.18 Å². The predicted molar refractivity (Wildman–Crippen MR) is 13.7 cm³/mol. The zero-order valence-electron chi connectivity index (χ0n) is 3.34. The van der Waals surface area contributed by atoms with Crippen molar-refractivity contribution in [1.82, 2.24) is 0 Å². The topological polar surface area (TPSA) is 37.3 Å². The van der Waals surface area contributed by atoms with E-state index < -0.39 is 12.1 Å². The van der Waals surface area contributed by atoms with Crippen LogP contribution in [0.1, 0.15) is 0 Å². The minimum Gasteiger partial charge on any atom is -0.475 e. The first kappa shape index (κ1) is 11.4. The number of alkyl halides is 3. The molecule has 0 aromatic carbocycles. The largest absolute Gasteiger partial charge is 0.490 e. The van der Waals surface area contributed by atoms with Crippen LogP contribution >= 0.6 is 0 Å². The molecular weight excluding hydrogens is 270 g/mol. The van der Waals surface area contributed by atoms with Crippen LogP contribution in [0.2, 0.25) is 0 Å². The Balaban J connectivity index is 0. The van der Waals surface area contributed by atoms with Crippen LogP contribution in [0.25, 0.3) is 0 Å². The normalized spacial score (nSPS) is 9.88. The second kappa shape index (κ2) is 3.58. The van der Waals surface area contributed by atoms with Gasteiger partial charge in [-0.05, 0) is 0 Å². The smallest absolute Gasteiger partial charge is 0.475 e. The second-order valence-electron chi connectivity index (χ2n) is 0.803. The summed E-state index contributed by atoms with van der Waals surface area (Å²) in [4.78, 5) is 8.90. The monoisotopic (exact) mass is 272 g/mol. The maximum absolute atomic E-state index is 10.6. The van der Waals surface area contributed by atoms with Crippen LogP contribution in [-0.4, -0.2) is 17.3 Å². The van der Waals surface area contributed by atoms with Gasteiger partial charge in [-0.25, -0.2) is 4.79 Å². The second-order valence-corrected chi connectivity index (χ2v) is 0.803. The number of hydrogen-bond acceptors (Lipinski definition) is 1. The molecule has 0 unspecified atom stereocenters. The number of carbonyl (C=O) groups is 1. The molecular formula is C2HF3GdO2. The van der Waals surface area contributed by atoms with Gasteiger partial charge in [0.2, 0.25) is 0 Å². The molecule has 0 spiro atoms. The Labute approximate surface area is 74.7 Å². The van der Waals surface area contributed by atoms with Crippen LogP contribution < -0.4 is 0 Å². The Morgan fingerprint density at radius 3 is 1.50 bits per heavy atom. The molecule has 0 rings (SSSR count). The van der Waals surface area contributed by atoms with Gasteiger partial charge in [0, 0.05) is 39.9 Å². The number of hydrogen-bond donors (Lipinski definition) is 1. The van der Waals surface area contributed by atoms with Gasteiger partial charge in [-0.15, -0.1) is 0 Å². The molecule has 0 bridgehead atoms. The molecule has 0 atom stereocenters. The maximum Gasteiger partial charge on any atom is 0.490 e. The zero-order valence-corrected chi connectivity index (χ0v) is 5.61. The van der Waals surface area contributed by atoms with Gasteiger partial charge in [0.25, 0.3) is 0 Å². The Bertz CT molecular complexity index is 87.8. The van der Waals surface area contributed by atoms with Crippen molar-refractivity contribution in [2.24, 2.45) is 0 Å². The summed E-state index contributed by atoms with van der Waals surface area (Å²) in [6.45, 7) is 0.